The first-order chi connectivity index (χ1) is 14.3. The summed E-state index contributed by atoms with van der Waals surface area (Å²) in [6.45, 7) is 12.3. The second-order valence-electron chi connectivity index (χ2n) is 7.92. The number of likely N-dealkylation sites (N-methyl/N-ethyl adjacent to an activating group) is 1. The monoisotopic (exact) mass is 424 g/mol. The van der Waals surface area contributed by atoms with E-state index in [1.54, 1.807) is 0 Å². The molecular formula is C24H32N4OS. The number of aliphatic hydroxyl groups excluding tert-OH is 1. The summed E-state index contributed by atoms with van der Waals surface area (Å²) in [5.74, 6) is 0.881. The third-order valence-electron chi connectivity index (χ3n) is 6.04. The van der Waals surface area contributed by atoms with Crippen molar-refractivity contribution in [3.05, 3.63) is 53.6 Å². The van der Waals surface area contributed by atoms with Gasteiger partial charge in [-0.05, 0) is 81.7 Å². The number of nitrogens with one attached hydrogen (secondary N) is 1. The molecule has 1 heterocycles. The fraction of sp³-hybridized carbons (Fsp3) is 0.417. The smallest absolute Gasteiger partial charge is 0.202 e. The van der Waals surface area contributed by atoms with Gasteiger partial charge in [-0.25, -0.2) is 4.99 Å². The van der Waals surface area contributed by atoms with Crippen LogP contribution in [0, 0.1) is 13.8 Å². The van der Waals surface area contributed by atoms with Crippen LogP contribution in [0.1, 0.15) is 38.3 Å². The maximum atomic E-state index is 9.29. The van der Waals surface area contributed by atoms with Crippen molar-refractivity contribution in [2.75, 3.05) is 34.8 Å². The molecule has 0 fully saturated rings. The van der Waals surface area contributed by atoms with Crippen molar-refractivity contribution in [1.29, 1.82) is 0 Å². The van der Waals surface area contributed by atoms with E-state index in [9.17, 15) is 5.11 Å². The molecule has 2 N–H and O–H groups in total. The fourth-order valence-electron chi connectivity index (χ4n) is 4.00. The minimum Gasteiger partial charge on any atom is -0.395 e. The minimum atomic E-state index is -0.358. The van der Waals surface area contributed by atoms with Crippen LogP contribution in [-0.4, -0.2) is 41.3 Å². The molecule has 0 bridgehead atoms. The molecule has 0 radical (unpaired) electrons. The molecule has 160 valence electrons. The second kappa shape index (κ2) is 9.14. The summed E-state index contributed by atoms with van der Waals surface area (Å²) in [6.07, 6.45) is 0.858. The number of hydrogen-bond acceptors (Lipinski definition) is 4. The number of rotatable bonds is 7. The fourth-order valence-corrected chi connectivity index (χ4v) is 4.40. The maximum absolute atomic E-state index is 9.29. The van der Waals surface area contributed by atoms with Crippen LogP contribution in [0.15, 0.2) is 47.5 Å². The summed E-state index contributed by atoms with van der Waals surface area (Å²) in [7, 11) is 0. The highest BCUT2D eigenvalue weighted by molar-refractivity contribution is 7.80. The molecule has 0 aliphatic carbocycles. The van der Waals surface area contributed by atoms with Gasteiger partial charge in [0.25, 0.3) is 0 Å². The Morgan fingerprint density at radius 2 is 1.73 bits per heavy atom. The van der Waals surface area contributed by atoms with E-state index >= 15 is 0 Å². The van der Waals surface area contributed by atoms with Crippen LogP contribution in [0.25, 0.3) is 0 Å². The number of anilines is 3. The quantitative estimate of drug-likeness (QED) is 0.619. The van der Waals surface area contributed by atoms with Crippen LogP contribution in [-0.2, 0) is 0 Å². The number of aliphatic imine (C=N–C) groups is 1. The molecule has 3 rings (SSSR count). The zero-order valence-electron chi connectivity index (χ0n) is 18.6. The molecule has 1 atom stereocenters. The maximum Gasteiger partial charge on any atom is 0.202 e. The van der Waals surface area contributed by atoms with Gasteiger partial charge in [0.2, 0.25) is 5.11 Å². The number of thiocarbonyl (C=S) groups is 1. The lowest BCUT2D eigenvalue weighted by Crippen LogP contribution is -2.51. The molecule has 0 spiro atoms. The Hall–Kier alpha value is -2.44. The topological polar surface area (TPSA) is 51.1 Å². The molecule has 0 saturated carbocycles. The van der Waals surface area contributed by atoms with Crippen molar-refractivity contribution in [1.82, 2.24) is 0 Å². The van der Waals surface area contributed by atoms with Crippen molar-refractivity contribution in [3.8, 4) is 0 Å². The average Bonchev–Trinajstić information content (AvgIpc) is 2.99. The van der Waals surface area contributed by atoms with Gasteiger partial charge in [-0.3, -0.25) is 0 Å². The molecule has 5 nitrogen and oxygen atoms in total. The predicted octanol–water partition coefficient (Wildman–Crippen LogP) is 4.91. The van der Waals surface area contributed by atoms with E-state index in [1.165, 1.54) is 11.1 Å². The van der Waals surface area contributed by atoms with Gasteiger partial charge >= 0.3 is 0 Å². The normalized spacial score (nSPS) is 18.5. The lowest BCUT2D eigenvalue weighted by Gasteiger charge is -2.37. The van der Waals surface area contributed by atoms with Gasteiger partial charge in [-0.2, -0.15) is 0 Å². The number of hydrogen-bond donors (Lipinski definition) is 2. The molecule has 30 heavy (non-hydrogen) atoms. The lowest BCUT2D eigenvalue weighted by molar-refractivity contribution is 0.302. The summed E-state index contributed by atoms with van der Waals surface area (Å²) in [5.41, 5.74) is 5.23. The zero-order valence-corrected chi connectivity index (χ0v) is 19.4. The Labute approximate surface area is 185 Å². The van der Waals surface area contributed by atoms with E-state index < -0.39 is 0 Å². The summed E-state index contributed by atoms with van der Waals surface area (Å²) in [5, 5.41) is 13.5. The molecule has 2 aromatic rings. The van der Waals surface area contributed by atoms with Crippen LogP contribution >= 0.6 is 12.2 Å². The lowest BCUT2D eigenvalue weighted by atomic mass is 9.94. The summed E-state index contributed by atoms with van der Waals surface area (Å²) >= 11 is 5.70. The molecule has 1 aliphatic heterocycles. The Kier molecular flexibility index (Phi) is 6.78. The highest BCUT2D eigenvalue weighted by Crippen LogP contribution is 2.36. The van der Waals surface area contributed by atoms with Gasteiger partial charge < -0.3 is 20.2 Å². The number of aliphatic hydroxyl groups is 1. The van der Waals surface area contributed by atoms with Crippen LogP contribution < -0.4 is 15.1 Å². The van der Waals surface area contributed by atoms with Crippen molar-refractivity contribution < 1.29 is 5.11 Å². The molecule has 0 saturated heterocycles. The summed E-state index contributed by atoms with van der Waals surface area (Å²) < 4.78 is 0. The molecule has 6 heteroatoms. The summed E-state index contributed by atoms with van der Waals surface area (Å²) in [4.78, 5) is 9.06. The van der Waals surface area contributed by atoms with Crippen LogP contribution in [0.3, 0.4) is 0 Å². The Morgan fingerprint density at radius 1 is 1.10 bits per heavy atom. The number of aryl methyl sites for hydroxylation is 2. The van der Waals surface area contributed by atoms with Gasteiger partial charge in [0.05, 0.1) is 6.61 Å². The first-order valence-corrected chi connectivity index (χ1v) is 11.0. The van der Waals surface area contributed by atoms with Gasteiger partial charge in [0.15, 0.2) is 0 Å². The molecule has 0 amide bonds. The van der Waals surface area contributed by atoms with Gasteiger partial charge in [-0.1, -0.05) is 25.1 Å². The standard InChI is InChI=1S/C24H32N4OS/c1-6-24(5)22(25-21-17(3)9-8-10-18(21)4)26-23(30)28(24)20-13-11-19(12-14-20)27(7-2)15-16-29/h8-14,29H,6-7,15-16H2,1-5H3,(H,25,26,30)/t24-/m1/s1. The van der Waals surface area contributed by atoms with Crippen molar-refractivity contribution in [2.45, 2.75) is 46.6 Å². The highest BCUT2D eigenvalue weighted by Gasteiger charge is 2.43. The first kappa shape index (κ1) is 22.2. The Bertz CT molecular complexity index is 920. The van der Waals surface area contributed by atoms with E-state index in [-0.39, 0.29) is 12.1 Å². The molecule has 0 unspecified atom stereocenters. The number of nitrogens with zero attached hydrogens (tertiary/aromatic N) is 3. The first-order valence-electron chi connectivity index (χ1n) is 10.6. The molecule has 1 aliphatic rings. The van der Waals surface area contributed by atoms with E-state index in [0.717, 1.165) is 35.9 Å². The van der Waals surface area contributed by atoms with Crippen LogP contribution in [0.4, 0.5) is 17.1 Å². The van der Waals surface area contributed by atoms with Gasteiger partial charge in [-0.15, -0.1) is 0 Å². The van der Waals surface area contributed by atoms with Crippen LogP contribution in [0.5, 0.6) is 0 Å². The number of amidine groups is 1. The van der Waals surface area contributed by atoms with Gasteiger partial charge in [0.1, 0.15) is 11.4 Å². The van der Waals surface area contributed by atoms with Crippen LogP contribution in [0.2, 0.25) is 0 Å². The Balaban J connectivity index is 1.91. The predicted molar refractivity (Wildman–Crippen MR) is 132 cm³/mol. The van der Waals surface area contributed by atoms with Crippen molar-refractivity contribution >= 4 is 40.2 Å². The third-order valence-corrected chi connectivity index (χ3v) is 6.31. The highest BCUT2D eigenvalue weighted by atomic mass is 32.1. The van der Waals surface area contributed by atoms with Gasteiger partial charge in [0, 0.05) is 30.2 Å². The summed E-state index contributed by atoms with van der Waals surface area (Å²) in [6, 6.07) is 14.6. The largest absolute Gasteiger partial charge is 0.395 e. The van der Waals surface area contributed by atoms with Crippen molar-refractivity contribution in [2.24, 2.45) is 4.99 Å². The number of benzene rings is 2. The molecular weight excluding hydrogens is 392 g/mol. The second-order valence-corrected chi connectivity index (χ2v) is 8.28. The Morgan fingerprint density at radius 3 is 2.27 bits per heavy atom. The number of para-hydroxylation sites is 1. The van der Waals surface area contributed by atoms with Crippen molar-refractivity contribution in [3.63, 3.8) is 0 Å². The average molecular weight is 425 g/mol. The van der Waals surface area contributed by atoms with E-state index in [1.807, 2.05) is 0 Å². The SMILES string of the molecule is CCN(CCO)c1ccc(N2C(=S)N=C(Nc3c(C)cccc3C)[C@@]2(C)CC)cc1. The minimum absolute atomic E-state index is 0.140. The van der Waals surface area contributed by atoms with E-state index in [4.69, 9.17) is 17.2 Å². The molecule has 2 aromatic carbocycles. The van der Waals surface area contributed by atoms with E-state index in [0.29, 0.717) is 11.7 Å². The molecule has 0 aromatic heterocycles. The zero-order chi connectivity index (χ0) is 21.9. The third kappa shape index (κ3) is 4.07. The van der Waals surface area contributed by atoms with E-state index in [2.05, 4.69) is 92.2 Å².